The molecule has 0 amide bonds. The molecule has 0 aliphatic rings. The fraction of sp³-hybridized carbons (Fsp3) is 0.500. The van der Waals surface area contributed by atoms with E-state index in [-0.39, 0.29) is 0 Å². The van der Waals surface area contributed by atoms with Crippen molar-refractivity contribution >= 4 is 16.5 Å². The predicted octanol–water partition coefficient (Wildman–Crippen LogP) is 2.79. The molecular weight excluding hydrogens is 302 g/mol. The summed E-state index contributed by atoms with van der Waals surface area (Å²) in [4.78, 5) is 28.5. The normalized spacial score (nSPS) is 8.90. The first-order valence-electron chi connectivity index (χ1n) is 5.67. The number of benzene rings is 1. The third-order valence-electron chi connectivity index (χ3n) is 3.38. The zero-order chi connectivity index (χ0) is 16.6. The first-order valence-corrected chi connectivity index (χ1v) is 8.00. The van der Waals surface area contributed by atoms with Crippen LogP contribution < -0.4 is 0 Å². The standard InChI is InChI=1S/C12H18.2HO3P/c1-7-8(2)10(4)12(6)11(5)9(7)3;2*1-4(2)3/h1-6H3;2*(H-,1,2,3)/p+2. The fourth-order valence-electron chi connectivity index (χ4n) is 1.69. The molecule has 0 fully saturated rings. The molecule has 0 spiro atoms. The Hall–Kier alpha value is -0.740. The lowest BCUT2D eigenvalue weighted by Crippen LogP contribution is -1.98. The van der Waals surface area contributed by atoms with E-state index < -0.39 is 16.5 Å². The average molecular weight is 324 g/mol. The summed E-state index contributed by atoms with van der Waals surface area (Å²) in [7, 11) is -5.74. The molecule has 0 atom stereocenters. The third kappa shape index (κ3) is 8.43. The molecule has 20 heavy (non-hydrogen) atoms. The zero-order valence-electron chi connectivity index (χ0n) is 12.5. The Labute approximate surface area is 121 Å². The van der Waals surface area contributed by atoms with Crippen LogP contribution in [0.1, 0.15) is 33.4 Å². The van der Waals surface area contributed by atoms with E-state index in [0.717, 1.165) is 0 Å². The van der Waals surface area contributed by atoms with Crippen LogP contribution in [-0.4, -0.2) is 19.6 Å². The van der Waals surface area contributed by atoms with Crippen LogP contribution in [0.5, 0.6) is 0 Å². The van der Waals surface area contributed by atoms with E-state index in [4.69, 9.17) is 28.7 Å². The topological polar surface area (TPSA) is 115 Å². The molecule has 0 saturated carbocycles. The molecule has 0 radical (unpaired) electrons. The van der Waals surface area contributed by atoms with Gasteiger partial charge in [0.1, 0.15) is 0 Å². The number of hydrogen-bond acceptors (Lipinski definition) is 2. The third-order valence-corrected chi connectivity index (χ3v) is 3.38. The summed E-state index contributed by atoms with van der Waals surface area (Å²) in [5.74, 6) is 0. The SMILES string of the molecule is Cc1c(C)c(C)c(C)c(C)c1C.O=[P+](O)O.O=[P+](O)O. The van der Waals surface area contributed by atoms with Crippen LogP contribution in [0.15, 0.2) is 0 Å². The van der Waals surface area contributed by atoms with Crippen molar-refractivity contribution in [1.29, 1.82) is 0 Å². The van der Waals surface area contributed by atoms with E-state index in [9.17, 15) is 0 Å². The minimum Gasteiger partial charge on any atom is -0.134 e. The molecule has 0 saturated heterocycles. The van der Waals surface area contributed by atoms with Crippen LogP contribution >= 0.6 is 16.5 Å². The van der Waals surface area contributed by atoms with E-state index >= 15 is 0 Å². The lowest BCUT2D eigenvalue weighted by molar-refractivity contribution is 0.403. The molecule has 0 unspecified atom stereocenters. The minimum absolute atomic E-state index is 1.45. The lowest BCUT2D eigenvalue weighted by Gasteiger charge is -2.15. The first-order chi connectivity index (χ1) is 8.93. The first kappa shape index (κ1) is 21.6. The second-order valence-corrected chi connectivity index (χ2v) is 5.27. The van der Waals surface area contributed by atoms with Crippen molar-refractivity contribution < 1.29 is 28.7 Å². The van der Waals surface area contributed by atoms with Gasteiger partial charge in [0, 0.05) is 9.13 Å². The lowest BCUT2D eigenvalue weighted by atomic mass is 9.90. The van der Waals surface area contributed by atoms with Crippen molar-refractivity contribution in [2.45, 2.75) is 41.5 Å². The Morgan fingerprint density at radius 3 is 0.600 bits per heavy atom. The molecule has 6 nitrogen and oxygen atoms in total. The van der Waals surface area contributed by atoms with Crippen LogP contribution in [0.4, 0.5) is 0 Å². The average Bonchev–Trinajstić information content (AvgIpc) is 2.30. The maximum absolute atomic E-state index is 8.70. The maximum atomic E-state index is 8.70. The van der Waals surface area contributed by atoms with E-state index in [2.05, 4.69) is 41.5 Å². The van der Waals surface area contributed by atoms with Gasteiger partial charge in [-0.05, 0) is 74.9 Å². The Morgan fingerprint density at radius 2 is 0.550 bits per heavy atom. The van der Waals surface area contributed by atoms with Crippen molar-refractivity contribution in [1.82, 2.24) is 0 Å². The molecule has 114 valence electrons. The van der Waals surface area contributed by atoms with Crippen LogP contribution in [-0.2, 0) is 9.13 Å². The summed E-state index contributed by atoms with van der Waals surface area (Å²) in [6.45, 7) is 13.3. The Kier molecular flexibility index (Phi) is 10.8. The smallest absolute Gasteiger partial charge is 0.134 e. The molecule has 0 aliphatic carbocycles. The quantitative estimate of drug-likeness (QED) is 0.546. The van der Waals surface area contributed by atoms with Gasteiger partial charge < -0.3 is 0 Å². The van der Waals surface area contributed by atoms with Gasteiger partial charge in [-0.3, -0.25) is 0 Å². The van der Waals surface area contributed by atoms with E-state index in [1.807, 2.05) is 0 Å². The fourth-order valence-corrected chi connectivity index (χ4v) is 1.69. The molecular formula is C12H22O6P2+2. The number of rotatable bonds is 0. The second-order valence-electron chi connectivity index (χ2n) is 4.26. The summed E-state index contributed by atoms with van der Waals surface area (Å²) < 4.78 is 17.4. The molecule has 8 heteroatoms. The highest BCUT2D eigenvalue weighted by atomic mass is 31.1. The largest absolute Gasteiger partial charge is 0.692 e. The van der Waals surface area contributed by atoms with E-state index in [0.29, 0.717) is 0 Å². The van der Waals surface area contributed by atoms with Crippen molar-refractivity contribution in [3.05, 3.63) is 33.4 Å². The van der Waals surface area contributed by atoms with Gasteiger partial charge in [0.25, 0.3) is 0 Å². The van der Waals surface area contributed by atoms with Crippen molar-refractivity contribution in [2.75, 3.05) is 0 Å². The molecule has 4 N–H and O–H groups in total. The van der Waals surface area contributed by atoms with Crippen molar-refractivity contribution in [2.24, 2.45) is 0 Å². The summed E-state index contributed by atoms with van der Waals surface area (Å²) >= 11 is 0. The van der Waals surface area contributed by atoms with E-state index in [1.165, 1.54) is 33.4 Å². The highest BCUT2D eigenvalue weighted by molar-refractivity contribution is 7.31. The van der Waals surface area contributed by atoms with Crippen LogP contribution in [0, 0.1) is 41.5 Å². The van der Waals surface area contributed by atoms with Gasteiger partial charge in [-0.1, -0.05) is 0 Å². The molecule has 1 aromatic rings. The van der Waals surface area contributed by atoms with Crippen LogP contribution in [0.2, 0.25) is 0 Å². The Balaban J connectivity index is 0. The summed E-state index contributed by atoms with van der Waals surface area (Å²) in [6, 6.07) is 0. The Morgan fingerprint density at radius 1 is 0.500 bits per heavy atom. The molecule has 0 bridgehead atoms. The minimum atomic E-state index is -2.87. The summed E-state index contributed by atoms with van der Waals surface area (Å²) in [5.41, 5.74) is 8.73. The summed E-state index contributed by atoms with van der Waals surface area (Å²) in [6.07, 6.45) is 0. The monoisotopic (exact) mass is 324 g/mol. The molecule has 0 aromatic heterocycles. The van der Waals surface area contributed by atoms with Crippen LogP contribution in [0.3, 0.4) is 0 Å². The molecule has 1 aromatic carbocycles. The highest BCUT2D eigenvalue weighted by Gasteiger charge is 2.07. The zero-order valence-corrected chi connectivity index (χ0v) is 14.3. The van der Waals surface area contributed by atoms with Crippen LogP contribution in [0.25, 0.3) is 0 Å². The van der Waals surface area contributed by atoms with Gasteiger partial charge >= 0.3 is 16.5 Å². The van der Waals surface area contributed by atoms with Gasteiger partial charge in [-0.25, -0.2) is 0 Å². The van der Waals surface area contributed by atoms with Gasteiger partial charge in [0.05, 0.1) is 0 Å². The van der Waals surface area contributed by atoms with Crippen molar-refractivity contribution in [3.63, 3.8) is 0 Å². The van der Waals surface area contributed by atoms with Gasteiger partial charge in [0.2, 0.25) is 0 Å². The van der Waals surface area contributed by atoms with E-state index in [1.54, 1.807) is 0 Å². The van der Waals surface area contributed by atoms with Crippen molar-refractivity contribution in [3.8, 4) is 0 Å². The maximum Gasteiger partial charge on any atom is 0.692 e. The predicted molar refractivity (Wildman–Crippen MR) is 79.0 cm³/mol. The second kappa shape index (κ2) is 10.1. The van der Waals surface area contributed by atoms with Gasteiger partial charge in [-0.2, -0.15) is 0 Å². The molecule has 0 aliphatic heterocycles. The summed E-state index contributed by atoms with van der Waals surface area (Å²) in [5, 5.41) is 0. The Bertz CT molecular complexity index is 374. The van der Waals surface area contributed by atoms with Gasteiger partial charge in [0.15, 0.2) is 0 Å². The highest BCUT2D eigenvalue weighted by Crippen LogP contribution is 2.24. The molecule has 1 rings (SSSR count). The molecule has 0 heterocycles. The van der Waals surface area contributed by atoms with Gasteiger partial charge in [-0.15, -0.1) is 19.6 Å². The number of hydrogen-bond donors (Lipinski definition) is 4.